The molecule has 0 aromatic heterocycles. The largest absolute Gasteiger partial charge is 0.326 e. The fraction of sp³-hybridized carbons (Fsp3) is 0.417. The van der Waals surface area contributed by atoms with E-state index < -0.39 is 0 Å². The van der Waals surface area contributed by atoms with Crippen LogP contribution in [0.1, 0.15) is 25.8 Å². The van der Waals surface area contributed by atoms with Gasteiger partial charge in [0.2, 0.25) is 5.91 Å². The lowest BCUT2D eigenvalue weighted by molar-refractivity contribution is -0.119. The number of benzene rings is 1. The molecule has 0 saturated carbocycles. The molecule has 1 unspecified atom stereocenters. The molecule has 0 fully saturated rings. The zero-order chi connectivity index (χ0) is 11.3. The number of nitrogens with one attached hydrogen (secondary N) is 1. The number of carbonyl (C=O) groups excluding carboxylic acids is 1. The van der Waals surface area contributed by atoms with E-state index in [0.717, 1.165) is 23.0 Å². The van der Waals surface area contributed by atoms with E-state index >= 15 is 0 Å². The molecule has 0 aliphatic heterocycles. The summed E-state index contributed by atoms with van der Waals surface area (Å²) in [5, 5.41) is 3.70. The van der Waals surface area contributed by atoms with E-state index in [1.165, 1.54) is 0 Å². The molecular weight excluding hydrogens is 254 g/mol. The molecule has 0 radical (unpaired) electrons. The van der Waals surface area contributed by atoms with Crippen molar-refractivity contribution in [2.45, 2.75) is 25.6 Å². The maximum absolute atomic E-state index is 11.7. The average Bonchev–Trinajstić information content (AvgIpc) is 2.28. The Labute approximate surface area is 99.2 Å². The lowest BCUT2D eigenvalue weighted by atomic mass is 10.1. The fourth-order valence-electron chi connectivity index (χ4n) is 1.20. The third kappa shape index (κ3) is 3.34. The van der Waals surface area contributed by atoms with Crippen LogP contribution in [0.2, 0.25) is 0 Å². The lowest BCUT2D eigenvalue weighted by Gasteiger charge is -2.12. The van der Waals surface area contributed by atoms with Crippen LogP contribution in [-0.2, 0) is 10.1 Å². The number of amides is 1. The van der Waals surface area contributed by atoms with Gasteiger partial charge in [-0.15, -0.1) is 0 Å². The highest BCUT2D eigenvalue weighted by Crippen LogP contribution is 2.18. The standard InChI is InChI=1S/C12H16BrNO/c1-3-9(2)12(15)14-11-7-5-4-6-10(11)8-13/h4-7,9H,3,8H2,1-2H3,(H,14,15). The highest BCUT2D eigenvalue weighted by molar-refractivity contribution is 9.08. The Morgan fingerprint density at radius 3 is 2.73 bits per heavy atom. The van der Waals surface area contributed by atoms with Crippen molar-refractivity contribution in [2.24, 2.45) is 5.92 Å². The number of hydrogen-bond acceptors (Lipinski definition) is 1. The summed E-state index contributed by atoms with van der Waals surface area (Å²) < 4.78 is 0. The second kappa shape index (κ2) is 5.91. The van der Waals surface area contributed by atoms with Gasteiger partial charge in [-0.05, 0) is 18.1 Å². The minimum Gasteiger partial charge on any atom is -0.326 e. The summed E-state index contributed by atoms with van der Waals surface area (Å²) in [4.78, 5) is 11.7. The molecule has 2 nitrogen and oxygen atoms in total. The molecule has 3 heteroatoms. The summed E-state index contributed by atoms with van der Waals surface area (Å²) >= 11 is 3.40. The summed E-state index contributed by atoms with van der Waals surface area (Å²) in [5.41, 5.74) is 2.01. The first-order valence-corrected chi connectivity index (χ1v) is 6.26. The van der Waals surface area contributed by atoms with Crippen LogP contribution in [0.4, 0.5) is 5.69 Å². The Bertz CT molecular complexity index is 338. The summed E-state index contributed by atoms with van der Waals surface area (Å²) in [6.07, 6.45) is 0.863. The van der Waals surface area contributed by atoms with Gasteiger partial charge in [0, 0.05) is 16.9 Å². The third-order valence-corrected chi connectivity index (χ3v) is 3.08. The molecular formula is C12H16BrNO. The Kier molecular flexibility index (Phi) is 4.82. The first-order chi connectivity index (χ1) is 7.19. The van der Waals surface area contributed by atoms with Crippen LogP contribution >= 0.6 is 15.9 Å². The third-order valence-electron chi connectivity index (χ3n) is 2.48. The quantitative estimate of drug-likeness (QED) is 0.833. The molecule has 1 aromatic carbocycles. The van der Waals surface area contributed by atoms with E-state index in [4.69, 9.17) is 0 Å². The van der Waals surface area contributed by atoms with E-state index in [1.54, 1.807) is 0 Å². The number of para-hydroxylation sites is 1. The molecule has 15 heavy (non-hydrogen) atoms. The van der Waals surface area contributed by atoms with Gasteiger partial charge >= 0.3 is 0 Å². The first kappa shape index (κ1) is 12.2. The van der Waals surface area contributed by atoms with E-state index in [2.05, 4.69) is 21.2 Å². The SMILES string of the molecule is CCC(C)C(=O)Nc1ccccc1CBr. The molecule has 0 saturated heterocycles. The predicted molar refractivity (Wildman–Crippen MR) is 67.2 cm³/mol. The number of alkyl halides is 1. The number of anilines is 1. The Morgan fingerprint density at radius 1 is 1.47 bits per heavy atom. The van der Waals surface area contributed by atoms with Gasteiger partial charge < -0.3 is 5.32 Å². The van der Waals surface area contributed by atoms with Crippen molar-refractivity contribution in [3.63, 3.8) is 0 Å². The van der Waals surface area contributed by atoms with Crippen LogP contribution in [0.5, 0.6) is 0 Å². The molecule has 0 heterocycles. The van der Waals surface area contributed by atoms with Crippen LogP contribution in [-0.4, -0.2) is 5.91 Å². The van der Waals surface area contributed by atoms with Gasteiger partial charge in [0.15, 0.2) is 0 Å². The zero-order valence-electron chi connectivity index (χ0n) is 9.09. The predicted octanol–water partition coefficient (Wildman–Crippen LogP) is 3.57. The molecule has 82 valence electrons. The molecule has 1 rings (SSSR count). The Hall–Kier alpha value is -0.830. The second-order valence-electron chi connectivity index (χ2n) is 3.59. The molecule has 0 bridgehead atoms. The van der Waals surface area contributed by atoms with Crippen molar-refractivity contribution in [2.75, 3.05) is 5.32 Å². The van der Waals surface area contributed by atoms with Crippen molar-refractivity contribution >= 4 is 27.5 Å². The first-order valence-electron chi connectivity index (χ1n) is 5.13. The normalized spacial score (nSPS) is 12.2. The highest BCUT2D eigenvalue weighted by atomic mass is 79.9. The highest BCUT2D eigenvalue weighted by Gasteiger charge is 2.11. The van der Waals surface area contributed by atoms with E-state index in [-0.39, 0.29) is 11.8 Å². The maximum atomic E-state index is 11.7. The second-order valence-corrected chi connectivity index (χ2v) is 4.15. The van der Waals surface area contributed by atoms with Gasteiger partial charge in [0.1, 0.15) is 0 Å². The number of halogens is 1. The van der Waals surface area contributed by atoms with Gasteiger partial charge in [-0.25, -0.2) is 0 Å². The fourth-order valence-corrected chi connectivity index (χ4v) is 1.69. The van der Waals surface area contributed by atoms with E-state index in [9.17, 15) is 4.79 Å². The van der Waals surface area contributed by atoms with Crippen molar-refractivity contribution in [1.82, 2.24) is 0 Å². The molecule has 0 spiro atoms. The van der Waals surface area contributed by atoms with Crippen LogP contribution in [0.25, 0.3) is 0 Å². The van der Waals surface area contributed by atoms with Gasteiger partial charge in [0.25, 0.3) is 0 Å². The van der Waals surface area contributed by atoms with Crippen molar-refractivity contribution in [3.05, 3.63) is 29.8 Å². The molecule has 1 N–H and O–H groups in total. The summed E-state index contributed by atoms with van der Waals surface area (Å²) in [6.45, 7) is 3.95. The lowest BCUT2D eigenvalue weighted by Crippen LogP contribution is -2.20. The van der Waals surface area contributed by atoms with Gasteiger partial charge in [-0.1, -0.05) is 48.0 Å². The monoisotopic (exact) mass is 269 g/mol. The molecule has 1 amide bonds. The Morgan fingerprint density at radius 2 is 2.13 bits per heavy atom. The molecule has 1 aromatic rings. The smallest absolute Gasteiger partial charge is 0.227 e. The van der Waals surface area contributed by atoms with Crippen LogP contribution in [0.15, 0.2) is 24.3 Å². The number of carbonyl (C=O) groups is 1. The Balaban J connectivity index is 2.76. The molecule has 0 aliphatic rings. The molecule has 0 aliphatic carbocycles. The van der Waals surface area contributed by atoms with Gasteiger partial charge in [0.05, 0.1) is 0 Å². The summed E-state index contributed by atoms with van der Waals surface area (Å²) in [5.74, 6) is 0.152. The van der Waals surface area contributed by atoms with Gasteiger partial charge in [-0.2, -0.15) is 0 Å². The van der Waals surface area contributed by atoms with Crippen LogP contribution < -0.4 is 5.32 Å². The van der Waals surface area contributed by atoms with Gasteiger partial charge in [-0.3, -0.25) is 4.79 Å². The minimum atomic E-state index is 0.0633. The van der Waals surface area contributed by atoms with Crippen molar-refractivity contribution in [3.8, 4) is 0 Å². The summed E-state index contributed by atoms with van der Waals surface area (Å²) in [7, 11) is 0. The number of hydrogen-bond donors (Lipinski definition) is 1. The van der Waals surface area contributed by atoms with E-state index in [0.29, 0.717) is 0 Å². The average molecular weight is 270 g/mol. The maximum Gasteiger partial charge on any atom is 0.227 e. The zero-order valence-corrected chi connectivity index (χ0v) is 10.7. The van der Waals surface area contributed by atoms with Crippen molar-refractivity contribution in [1.29, 1.82) is 0 Å². The van der Waals surface area contributed by atoms with Crippen molar-refractivity contribution < 1.29 is 4.79 Å². The minimum absolute atomic E-state index is 0.0633. The van der Waals surface area contributed by atoms with Crippen LogP contribution in [0.3, 0.4) is 0 Å². The number of rotatable bonds is 4. The van der Waals surface area contributed by atoms with Crippen LogP contribution in [0, 0.1) is 5.92 Å². The molecule has 1 atom stereocenters. The summed E-state index contributed by atoms with van der Waals surface area (Å²) in [6, 6.07) is 7.83. The van der Waals surface area contributed by atoms with E-state index in [1.807, 2.05) is 38.1 Å². The topological polar surface area (TPSA) is 29.1 Å².